The van der Waals surface area contributed by atoms with Crippen LogP contribution in [0.1, 0.15) is 19.4 Å². The first kappa shape index (κ1) is 16.1. The fourth-order valence-corrected chi connectivity index (χ4v) is 2.11. The van der Waals surface area contributed by atoms with E-state index in [2.05, 4.69) is 18.7 Å². The highest BCUT2D eigenvalue weighted by Crippen LogP contribution is 2.36. The maximum Gasteiger partial charge on any atom is 0.179 e. The predicted octanol–water partition coefficient (Wildman–Crippen LogP) is 2.56. The Kier molecular flexibility index (Phi) is 6.99. The van der Waals surface area contributed by atoms with Crippen LogP contribution in [0.4, 0.5) is 0 Å². The molecule has 0 aliphatic rings. The van der Waals surface area contributed by atoms with Crippen molar-refractivity contribution >= 4 is 11.6 Å². The smallest absolute Gasteiger partial charge is 0.179 e. The van der Waals surface area contributed by atoms with E-state index in [0.717, 1.165) is 19.6 Å². The number of nitrogens with zero attached hydrogens (tertiary/aromatic N) is 1. The molecule has 1 rings (SSSR count). The summed E-state index contributed by atoms with van der Waals surface area (Å²) in [5, 5.41) is 9.58. The molecule has 0 amide bonds. The van der Waals surface area contributed by atoms with Crippen LogP contribution in [0.2, 0.25) is 5.02 Å². The summed E-state index contributed by atoms with van der Waals surface area (Å²) in [5.41, 5.74) is 0.706. The predicted molar refractivity (Wildman–Crippen MR) is 77.2 cm³/mol. The van der Waals surface area contributed by atoms with Gasteiger partial charge in [-0.3, -0.25) is 0 Å². The zero-order valence-corrected chi connectivity index (χ0v) is 12.5. The van der Waals surface area contributed by atoms with E-state index in [9.17, 15) is 0 Å². The van der Waals surface area contributed by atoms with Crippen LogP contribution >= 0.6 is 11.6 Å². The number of aliphatic hydroxyl groups excluding tert-OH is 1. The Morgan fingerprint density at radius 3 is 2.47 bits per heavy atom. The minimum absolute atomic E-state index is 0.0736. The maximum absolute atomic E-state index is 9.12. The van der Waals surface area contributed by atoms with Crippen molar-refractivity contribution < 1.29 is 14.6 Å². The number of hydrogen-bond donors (Lipinski definition) is 1. The molecule has 4 nitrogen and oxygen atoms in total. The lowest BCUT2D eigenvalue weighted by molar-refractivity contribution is 0.217. The third-order valence-electron chi connectivity index (χ3n) is 3.02. The molecule has 0 radical (unpaired) electrons. The molecule has 0 atom stereocenters. The summed E-state index contributed by atoms with van der Waals surface area (Å²) < 4.78 is 11.0. The van der Waals surface area contributed by atoms with Gasteiger partial charge in [-0.25, -0.2) is 0 Å². The van der Waals surface area contributed by atoms with Gasteiger partial charge in [-0.05, 0) is 30.8 Å². The molecule has 0 spiro atoms. The van der Waals surface area contributed by atoms with Crippen LogP contribution in [-0.4, -0.2) is 43.4 Å². The fraction of sp³-hybridized carbons (Fsp3) is 0.571. The molecule has 0 bridgehead atoms. The fourth-order valence-electron chi connectivity index (χ4n) is 1.82. The highest BCUT2D eigenvalue weighted by Gasteiger charge is 2.12. The second kappa shape index (κ2) is 8.25. The molecule has 0 aromatic heterocycles. The Morgan fingerprint density at radius 2 is 1.95 bits per heavy atom. The number of ether oxygens (including phenoxy) is 2. The van der Waals surface area contributed by atoms with Crippen molar-refractivity contribution in [2.24, 2.45) is 0 Å². The average Bonchev–Trinajstić information content (AvgIpc) is 2.44. The van der Waals surface area contributed by atoms with Crippen LogP contribution in [0.15, 0.2) is 12.1 Å². The van der Waals surface area contributed by atoms with Gasteiger partial charge in [0.2, 0.25) is 0 Å². The van der Waals surface area contributed by atoms with E-state index in [-0.39, 0.29) is 6.61 Å². The Morgan fingerprint density at radius 1 is 1.26 bits per heavy atom. The summed E-state index contributed by atoms with van der Waals surface area (Å²) in [6, 6.07) is 3.43. The van der Waals surface area contributed by atoms with Gasteiger partial charge in [-0.1, -0.05) is 25.4 Å². The Bertz CT molecular complexity index is 395. The highest BCUT2D eigenvalue weighted by molar-refractivity contribution is 6.32. The SMILES string of the molecule is CCN(CC)CCOc1c(Cl)cc(CO)cc1OC. The Balaban J connectivity index is 2.72. The molecule has 0 unspecified atom stereocenters. The molecular formula is C14H22ClNO3. The standard InChI is InChI=1S/C14H22ClNO3/c1-4-16(5-2)6-7-19-14-12(15)8-11(10-17)9-13(14)18-3/h8-9,17H,4-7,10H2,1-3H3. The van der Waals surface area contributed by atoms with Crippen molar-refractivity contribution in [1.29, 1.82) is 0 Å². The van der Waals surface area contributed by atoms with E-state index < -0.39 is 0 Å². The van der Waals surface area contributed by atoms with Gasteiger partial charge < -0.3 is 19.5 Å². The molecule has 0 saturated carbocycles. The number of hydrogen-bond acceptors (Lipinski definition) is 4. The molecule has 1 aromatic rings. The first-order valence-corrected chi connectivity index (χ1v) is 6.86. The number of benzene rings is 1. The molecule has 0 aliphatic carbocycles. The Labute approximate surface area is 119 Å². The van der Waals surface area contributed by atoms with Gasteiger partial charge in [0, 0.05) is 6.54 Å². The van der Waals surface area contributed by atoms with Crippen LogP contribution in [0.3, 0.4) is 0 Å². The third-order valence-corrected chi connectivity index (χ3v) is 3.30. The van der Waals surface area contributed by atoms with Crippen molar-refractivity contribution in [3.05, 3.63) is 22.7 Å². The van der Waals surface area contributed by atoms with E-state index >= 15 is 0 Å². The van der Waals surface area contributed by atoms with Gasteiger partial charge in [-0.15, -0.1) is 0 Å². The summed E-state index contributed by atoms with van der Waals surface area (Å²) in [7, 11) is 1.56. The molecular weight excluding hydrogens is 266 g/mol. The minimum atomic E-state index is -0.0736. The molecule has 1 N–H and O–H groups in total. The van der Waals surface area contributed by atoms with Crippen molar-refractivity contribution in [3.8, 4) is 11.5 Å². The number of methoxy groups -OCH3 is 1. The van der Waals surface area contributed by atoms with Gasteiger partial charge in [0.25, 0.3) is 0 Å². The first-order chi connectivity index (χ1) is 9.15. The van der Waals surface area contributed by atoms with Gasteiger partial charge >= 0.3 is 0 Å². The van der Waals surface area contributed by atoms with Crippen LogP contribution in [0.5, 0.6) is 11.5 Å². The van der Waals surface area contributed by atoms with E-state index in [0.29, 0.717) is 28.7 Å². The van der Waals surface area contributed by atoms with Gasteiger partial charge in [0.15, 0.2) is 11.5 Å². The van der Waals surface area contributed by atoms with Crippen LogP contribution in [-0.2, 0) is 6.61 Å². The maximum atomic E-state index is 9.12. The van der Waals surface area contributed by atoms with Crippen molar-refractivity contribution in [3.63, 3.8) is 0 Å². The van der Waals surface area contributed by atoms with Crippen LogP contribution in [0, 0.1) is 0 Å². The monoisotopic (exact) mass is 287 g/mol. The van der Waals surface area contributed by atoms with Gasteiger partial charge in [0.1, 0.15) is 6.61 Å². The molecule has 108 valence electrons. The molecule has 1 aromatic carbocycles. The number of rotatable bonds is 8. The third kappa shape index (κ3) is 4.56. The lowest BCUT2D eigenvalue weighted by Gasteiger charge is -2.19. The van der Waals surface area contributed by atoms with E-state index in [1.165, 1.54) is 0 Å². The van der Waals surface area contributed by atoms with E-state index in [4.69, 9.17) is 26.2 Å². The first-order valence-electron chi connectivity index (χ1n) is 6.48. The van der Waals surface area contributed by atoms with E-state index in [1.807, 2.05) is 0 Å². The zero-order valence-electron chi connectivity index (χ0n) is 11.8. The molecule has 0 saturated heterocycles. The number of halogens is 1. The number of likely N-dealkylation sites (N-methyl/N-ethyl adjacent to an activating group) is 1. The highest BCUT2D eigenvalue weighted by atomic mass is 35.5. The summed E-state index contributed by atoms with van der Waals surface area (Å²) in [6.07, 6.45) is 0. The lowest BCUT2D eigenvalue weighted by Crippen LogP contribution is -2.28. The van der Waals surface area contributed by atoms with Crippen molar-refractivity contribution in [2.45, 2.75) is 20.5 Å². The second-order valence-corrected chi connectivity index (χ2v) is 4.55. The van der Waals surface area contributed by atoms with Crippen LogP contribution < -0.4 is 9.47 Å². The summed E-state index contributed by atoms with van der Waals surface area (Å²) >= 11 is 6.15. The van der Waals surface area contributed by atoms with E-state index in [1.54, 1.807) is 19.2 Å². The number of aliphatic hydroxyl groups is 1. The largest absolute Gasteiger partial charge is 0.493 e. The summed E-state index contributed by atoms with van der Waals surface area (Å²) in [4.78, 5) is 2.27. The van der Waals surface area contributed by atoms with Crippen molar-refractivity contribution in [1.82, 2.24) is 4.90 Å². The zero-order chi connectivity index (χ0) is 14.3. The summed E-state index contributed by atoms with van der Waals surface area (Å²) in [6.45, 7) is 7.54. The molecule has 0 fully saturated rings. The van der Waals surface area contributed by atoms with Gasteiger partial charge in [0.05, 0.1) is 18.7 Å². The lowest BCUT2D eigenvalue weighted by atomic mass is 10.2. The Hall–Kier alpha value is -0.970. The normalized spacial score (nSPS) is 10.8. The van der Waals surface area contributed by atoms with Gasteiger partial charge in [-0.2, -0.15) is 0 Å². The minimum Gasteiger partial charge on any atom is -0.493 e. The molecule has 19 heavy (non-hydrogen) atoms. The second-order valence-electron chi connectivity index (χ2n) is 4.14. The average molecular weight is 288 g/mol. The van der Waals surface area contributed by atoms with Crippen molar-refractivity contribution in [2.75, 3.05) is 33.4 Å². The van der Waals surface area contributed by atoms with Crippen LogP contribution in [0.25, 0.3) is 0 Å². The quantitative estimate of drug-likeness (QED) is 0.798. The molecule has 0 aliphatic heterocycles. The summed E-state index contributed by atoms with van der Waals surface area (Å²) in [5.74, 6) is 1.09. The topological polar surface area (TPSA) is 41.9 Å². The molecule has 5 heteroatoms. The molecule has 0 heterocycles.